The summed E-state index contributed by atoms with van der Waals surface area (Å²) in [7, 11) is 0. The van der Waals surface area contributed by atoms with E-state index in [1.807, 2.05) is 0 Å². The molecule has 0 saturated carbocycles. The maximum atomic E-state index is 8.24. The molecule has 0 bridgehead atoms. The van der Waals surface area contributed by atoms with Crippen molar-refractivity contribution in [2.24, 2.45) is 0 Å². The molecule has 2 nitrogen and oxygen atoms in total. The van der Waals surface area contributed by atoms with Crippen molar-refractivity contribution in [3.05, 3.63) is 0 Å². The molecule has 0 spiro atoms. The van der Waals surface area contributed by atoms with Crippen molar-refractivity contribution in [3.63, 3.8) is 0 Å². The van der Waals surface area contributed by atoms with E-state index in [0.29, 0.717) is 0 Å². The third kappa shape index (κ3) is 6.47. The second-order valence-corrected chi connectivity index (χ2v) is 1.43. The Morgan fingerprint density at radius 3 is 1.86 bits per heavy atom. The van der Waals surface area contributed by atoms with Crippen LogP contribution in [-0.4, -0.2) is 21.4 Å². The maximum Gasteiger partial charge on any atom is 0.185 e. The standard InChI is InChI=1S/C3H6O2S.Zn/c1-2(4)3(5)6;/h2,4H,1H3,(H,5,6);. The van der Waals surface area contributed by atoms with Crippen molar-refractivity contribution < 1.29 is 29.7 Å². The van der Waals surface area contributed by atoms with Crippen LogP contribution in [0, 0.1) is 0 Å². The molecule has 0 radical (unpaired) electrons. The van der Waals surface area contributed by atoms with Gasteiger partial charge in [0.1, 0.15) is 6.10 Å². The first-order chi connectivity index (χ1) is 2.64. The van der Waals surface area contributed by atoms with Crippen LogP contribution in [0.5, 0.6) is 0 Å². The molecule has 4 heteroatoms. The Hall–Kier alpha value is 0.473. The smallest absolute Gasteiger partial charge is 0.185 e. The van der Waals surface area contributed by atoms with E-state index in [9.17, 15) is 0 Å². The first-order valence-corrected chi connectivity index (χ1v) is 1.96. The molecule has 0 aromatic heterocycles. The molecule has 0 aliphatic rings. The van der Waals surface area contributed by atoms with Gasteiger partial charge in [0, 0.05) is 19.5 Å². The molecule has 0 heterocycles. The van der Waals surface area contributed by atoms with Gasteiger partial charge in [-0.15, -0.1) is 0 Å². The van der Waals surface area contributed by atoms with Gasteiger partial charge in [-0.05, 0) is 19.1 Å². The summed E-state index contributed by atoms with van der Waals surface area (Å²) in [6.07, 6.45) is -0.861. The summed E-state index contributed by atoms with van der Waals surface area (Å²) >= 11 is 4.12. The number of rotatable bonds is 1. The van der Waals surface area contributed by atoms with E-state index < -0.39 is 6.10 Å². The SMILES string of the molecule is CC(O)C(O)=S.[Zn]. The Kier molecular flexibility index (Phi) is 6.91. The average molecular weight is 172 g/mol. The molecular formula is C3H6O2SZn. The first-order valence-electron chi connectivity index (χ1n) is 1.55. The van der Waals surface area contributed by atoms with Crippen molar-refractivity contribution in [3.8, 4) is 0 Å². The maximum absolute atomic E-state index is 8.24. The van der Waals surface area contributed by atoms with E-state index in [1.165, 1.54) is 6.92 Å². The van der Waals surface area contributed by atoms with E-state index in [-0.39, 0.29) is 24.5 Å². The van der Waals surface area contributed by atoms with Crippen LogP contribution in [0.25, 0.3) is 0 Å². The molecule has 7 heavy (non-hydrogen) atoms. The molecule has 0 aromatic rings. The van der Waals surface area contributed by atoms with Crippen molar-refractivity contribution in [2.75, 3.05) is 0 Å². The predicted octanol–water partition coefficient (Wildman–Crippen LogP) is 0.250. The fourth-order valence-electron chi connectivity index (χ4n) is 0. The number of hydrogen-bond acceptors (Lipinski definition) is 2. The molecule has 1 unspecified atom stereocenters. The van der Waals surface area contributed by atoms with Gasteiger partial charge in [-0.2, -0.15) is 0 Å². The molecule has 0 aliphatic heterocycles. The fraction of sp³-hybridized carbons (Fsp3) is 0.667. The summed E-state index contributed by atoms with van der Waals surface area (Å²) in [5, 5.41) is 16.0. The van der Waals surface area contributed by atoms with Gasteiger partial charge >= 0.3 is 0 Å². The van der Waals surface area contributed by atoms with Crippen molar-refractivity contribution in [1.82, 2.24) is 0 Å². The van der Waals surface area contributed by atoms with E-state index in [2.05, 4.69) is 12.2 Å². The summed E-state index contributed by atoms with van der Waals surface area (Å²) < 4.78 is 0. The first kappa shape index (κ1) is 10.5. The number of thiocarbonyl (C=S) groups is 1. The van der Waals surface area contributed by atoms with Crippen LogP contribution in [0.1, 0.15) is 6.92 Å². The minimum absolute atomic E-state index is 0. The Labute approximate surface area is 60.3 Å². The molecule has 0 aromatic carbocycles. The van der Waals surface area contributed by atoms with Crippen LogP contribution >= 0.6 is 12.2 Å². The van der Waals surface area contributed by atoms with Gasteiger partial charge in [-0.1, -0.05) is 0 Å². The Morgan fingerprint density at radius 1 is 1.71 bits per heavy atom. The normalized spacial score (nSPS) is 11.7. The van der Waals surface area contributed by atoms with Gasteiger partial charge < -0.3 is 10.2 Å². The van der Waals surface area contributed by atoms with Crippen molar-refractivity contribution in [1.29, 1.82) is 0 Å². The van der Waals surface area contributed by atoms with E-state index in [4.69, 9.17) is 10.2 Å². The molecule has 0 amide bonds. The largest absolute Gasteiger partial charge is 0.500 e. The van der Waals surface area contributed by atoms with Crippen molar-refractivity contribution in [2.45, 2.75) is 13.0 Å². The summed E-state index contributed by atoms with van der Waals surface area (Å²) in [6, 6.07) is 0. The van der Waals surface area contributed by atoms with Crippen LogP contribution in [0.2, 0.25) is 0 Å². The fourth-order valence-corrected chi connectivity index (χ4v) is 0. The summed E-state index contributed by atoms with van der Waals surface area (Å²) in [5.41, 5.74) is 0. The van der Waals surface area contributed by atoms with Crippen LogP contribution in [-0.2, 0) is 19.5 Å². The van der Waals surface area contributed by atoms with Gasteiger partial charge in [0.25, 0.3) is 0 Å². The second-order valence-electron chi connectivity index (χ2n) is 1.01. The Morgan fingerprint density at radius 2 is 1.86 bits per heavy atom. The third-order valence-electron chi connectivity index (χ3n) is 0.357. The molecule has 0 aliphatic carbocycles. The number of aliphatic hydroxyl groups excluding tert-OH is 2. The van der Waals surface area contributed by atoms with Gasteiger partial charge in [-0.25, -0.2) is 0 Å². The third-order valence-corrected chi connectivity index (χ3v) is 0.699. The van der Waals surface area contributed by atoms with Gasteiger partial charge in [0.15, 0.2) is 5.05 Å². The minimum Gasteiger partial charge on any atom is -0.500 e. The van der Waals surface area contributed by atoms with Gasteiger partial charge in [0.05, 0.1) is 0 Å². The molecule has 2 N–H and O–H groups in total. The summed E-state index contributed by atoms with van der Waals surface area (Å²) in [5.74, 6) is 0. The summed E-state index contributed by atoms with van der Waals surface area (Å²) in [6.45, 7) is 1.41. The molecule has 0 saturated heterocycles. The van der Waals surface area contributed by atoms with E-state index in [0.717, 1.165) is 0 Å². The second kappa shape index (κ2) is 4.63. The molecular weight excluding hydrogens is 165 g/mol. The van der Waals surface area contributed by atoms with E-state index >= 15 is 0 Å². The topological polar surface area (TPSA) is 40.5 Å². The van der Waals surface area contributed by atoms with Crippen LogP contribution in [0.3, 0.4) is 0 Å². The zero-order chi connectivity index (χ0) is 5.15. The summed E-state index contributed by atoms with van der Waals surface area (Å²) in [4.78, 5) is 0. The number of hydrogen-bond donors (Lipinski definition) is 2. The van der Waals surface area contributed by atoms with Gasteiger partial charge in [-0.3, -0.25) is 0 Å². The van der Waals surface area contributed by atoms with Crippen molar-refractivity contribution >= 4 is 17.3 Å². The van der Waals surface area contributed by atoms with Crippen LogP contribution < -0.4 is 0 Å². The zero-order valence-corrected chi connectivity index (χ0v) is 7.87. The van der Waals surface area contributed by atoms with Crippen LogP contribution in [0.4, 0.5) is 0 Å². The molecule has 1 atom stereocenters. The minimum atomic E-state index is -0.861. The zero-order valence-electron chi connectivity index (χ0n) is 4.09. The average Bonchev–Trinajstić information content (AvgIpc) is 1.36. The Bertz CT molecular complexity index is 64.0. The predicted molar refractivity (Wildman–Crippen MR) is 26.9 cm³/mol. The Balaban J connectivity index is 0. The number of aliphatic hydroxyl groups is 2. The quantitative estimate of drug-likeness (QED) is 0.439. The van der Waals surface area contributed by atoms with E-state index in [1.54, 1.807) is 0 Å². The van der Waals surface area contributed by atoms with Gasteiger partial charge in [0.2, 0.25) is 0 Å². The monoisotopic (exact) mass is 170 g/mol. The molecule has 0 fully saturated rings. The molecule has 38 valence electrons. The van der Waals surface area contributed by atoms with Crippen LogP contribution in [0.15, 0.2) is 0 Å². The molecule has 0 rings (SSSR count).